The van der Waals surface area contributed by atoms with Crippen molar-refractivity contribution in [3.63, 3.8) is 0 Å². The maximum absolute atomic E-state index is 9.29. The number of anilines is 2. The van der Waals surface area contributed by atoms with Crippen LogP contribution in [0.1, 0.15) is 50.9 Å². The number of piperidine rings is 1. The first kappa shape index (κ1) is 24.7. The third kappa shape index (κ3) is 5.30. The number of hydrogen-bond donors (Lipinski definition) is 2. The van der Waals surface area contributed by atoms with Gasteiger partial charge in [0.25, 0.3) is 0 Å². The molecule has 2 N–H and O–H groups in total. The van der Waals surface area contributed by atoms with E-state index in [-0.39, 0.29) is 17.4 Å². The first-order chi connectivity index (χ1) is 16.3. The van der Waals surface area contributed by atoms with Crippen molar-refractivity contribution >= 4 is 40.5 Å². The molecule has 2 saturated heterocycles. The van der Waals surface area contributed by atoms with Crippen molar-refractivity contribution in [1.29, 1.82) is 10.7 Å². The summed E-state index contributed by atoms with van der Waals surface area (Å²) in [4.78, 5) is 14.0. The van der Waals surface area contributed by atoms with Crippen molar-refractivity contribution in [2.24, 2.45) is 11.8 Å². The van der Waals surface area contributed by atoms with E-state index in [1.165, 1.54) is 25.9 Å². The monoisotopic (exact) mass is 499 g/mol. The minimum Gasteiger partial charge on any atom is -0.362 e. The zero-order chi connectivity index (χ0) is 24.4. The first-order valence-corrected chi connectivity index (χ1v) is 12.6. The fraction of sp³-hybridized carbons (Fsp3) is 0.520. The number of nitriles is 1. The molecule has 1 aromatic heterocycles. The lowest BCUT2D eigenvalue weighted by molar-refractivity contribution is 0.0963. The molecule has 34 heavy (non-hydrogen) atoms. The van der Waals surface area contributed by atoms with Gasteiger partial charge in [0.15, 0.2) is 11.5 Å². The van der Waals surface area contributed by atoms with E-state index in [4.69, 9.17) is 33.6 Å². The number of benzene rings is 1. The highest BCUT2D eigenvalue weighted by atomic mass is 35.5. The number of aromatic nitrogens is 2. The summed E-state index contributed by atoms with van der Waals surface area (Å²) < 4.78 is 0. The van der Waals surface area contributed by atoms with Gasteiger partial charge in [-0.1, -0.05) is 29.3 Å². The fourth-order valence-electron chi connectivity index (χ4n) is 4.90. The molecule has 1 aromatic carbocycles. The molecule has 2 unspecified atom stereocenters. The van der Waals surface area contributed by atoms with E-state index < -0.39 is 0 Å². The average Bonchev–Trinajstić information content (AvgIpc) is 2.78. The van der Waals surface area contributed by atoms with Crippen molar-refractivity contribution in [3.05, 3.63) is 45.7 Å². The lowest BCUT2D eigenvalue weighted by Gasteiger charge is -2.47. The second-order valence-corrected chi connectivity index (χ2v) is 10.4. The highest BCUT2D eigenvalue weighted by Gasteiger charge is 2.37. The standard InChI is InChI=1S/C25H31Cl2N7/c1-15(2)33-8-4-5-17(12-33)18-13-34(14-18)23-11-30-24(22(29)10-28)25(32-23)31-16(3)20-7-6-19(26)9-21(20)27/h6-7,9,11,15-18,29H,4-5,8,12-14H2,1-3H3,(H,31,32). The molecule has 2 aliphatic rings. The molecule has 2 aromatic rings. The average molecular weight is 500 g/mol. The normalized spacial score (nSPS) is 20.0. The van der Waals surface area contributed by atoms with Crippen LogP contribution in [0, 0.1) is 28.6 Å². The number of hydrogen-bond acceptors (Lipinski definition) is 7. The van der Waals surface area contributed by atoms with Gasteiger partial charge in [0.2, 0.25) is 0 Å². The number of nitrogens with one attached hydrogen (secondary N) is 2. The molecule has 4 rings (SSSR count). The van der Waals surface area contributed by atoms with Gasteiger partial charge in [-0.15, -0.1) is 0 Å². The number of nitrogens with zero attached hydrogens (tertiary/aromatic N) is 5. The molecule has 0 radical (unpaired) electrons. The van der Waals surface area contributed by atoms with Crippen LogP contribution < -0.4 is 10.2 Å². The summed E-state index contributed by atoms with van der Waals surface area (Å²) in [5, 5.41) is 21.7. The Hall–Kier alpha value is -2.40. The summed E-state index contributed by atoms with van der Waals surface area (Å²) in [7, 11) is 0. The van der Waals surface area contributed by atoms with Crippen molar-refractivity contribution in [3.8, 4) is 6.07 Å². The van der Waals surface area contributed by atoms with Gasteiger partial charge in [0.05, 0.1) is 12.2 Å². The summed E-state index contributed by atoms with van der Waals surface area (Å²) in [5.74, 6) is 2.55. The van der Waals surface area contributed by atoms with Gasteiger partial charge >= 0.3 is 0 Å². The van der Waals surface area contributed by atoms with Crippen LogP contribution in [-0.4, -0.2) is 52.8 Å². The van der Waals surface area contributed by atoms with Crippen LogP contribution >= 0.6 is 23.2 Å². The Morgan fingerprint density at radius 2 is 1.97 bits per heavy atom. The van der Waals surface area contributed by atoms with Gasteiger partial charge < -0.3 is 15.1 Å². The topological polar surface area (TPSA) is 91.9 Å². The summed E-state index contributed by atoms with van der Waals surface area (Å²) >= 11 is 12.4. The Bertz CT molecular complexity index is 1090. The van der Waals surface area contributed by atoms with Gasteiger partial charge in [-0.3, -0.25) is 5.41 Å². The second kappa shape index (κ2) is 10.5. The molecule has 180 valence electrons. The molecule has 9 heteroatoms. The van der Waals surface area contributed by atoms with Crippen LogP contribution in [0.5, 0.6) is 0 Å². The largest absolute Gasteiger partial charge is 0.362 e. The van der Waals surface area contributed by atoms with E-state index in [2.05, 4.69) is 33.9 Å². The smallest absolute Gasteiger partial charge is 0.161 e. The lowest BCUT2D eigenvalue weighted by atomic mass is 9.80. The van der Waals surface area contributed by atoms with Crippen LogP contribution in [0.4, 0.5) is 11.6 Å². The number of halogens is 2. The predicted molar refractivity (Wildman–Crippen MR) is 138 cm³/mol. The predicted octanol–water partition coefficient (Wildman–Crippen LogP) is 5.40. The maximum Gasteiger partial charge on any atom is 0.161 e. The summed E-state index contributed by atoms with van der Waals surface area (Å²) in [6, 6.07) is 7.60. The van der Waals surface area contributed by atoms with Gasteiger partial charge in [-0.05, 0) is 69.7 Å². The lowest BCUT2D eigenvalue weighted by Crippen LogP contribution is -2.54. The third-order valence-electron chi connectivity index (χ3n) is 7.01. The number of likely N-dealkylation sites (tertiary alicyclic amines) is 1. The number of rotatable bonds is 7. The van der Waals surface area contributed by atoms with E-state index in [0.29, 0.717) is 27.8 Å². The van der Waals surface area contributed by atoms with E-state index in [9.17, 15) is 5.26 Å². The van der Waals surface area contributed by atoms with Gasteiger partial charge in [-0.25, -0.2) is 9.97 Å². The van der Waals surface area contributed by atoms with Crippen LogP contribution in [0.3, 0.4) is 0 Å². The second-order valence-electron chi connectivity index (χ2n) is 9.60. The summed E-state index contributed by atoms with van der Waals surface area (Å²) in [6.45, 7) is 10.8. The molecular weight excluding hydrogens is 469 g/mol. The Morgan fingerprint density at radius 1 is 1.21 bits per heavy atom. The van der Waals surface area contributed by atoms with Crippen LogP contribution in [0.15, 0.2) is 24.4 Å². The molecule has 2 atom stereocenters. The van der Waals surface area contributed by atoms with Crippen molar-refractivity contribution < 1.29 is 0 Å². The van der Waals surface area contributed by atoms with E-state index in [1.807, 2.05) is 19.1 Å². The van der Waals surface area contributed by atoms with Crippen LogP contribution in [-0.2, 0) is 0 Å². The molecular formula is C25H31Cl2N7. The Balaban J connectivity index is 1.49. The molecule has 7 nitrogen and oxygen atoms in total. The van der Waals surface area contributed by atoms with Crippen LogP contribution in [0.25, 0.3) is 0 Å². The quantitative estimate of drug-likeness (QED) is 0.495. The molecule has 2 fully saturated rings. The van der Waals surface area contributed by atoms with Crippen molar-refractivity contribution in [2.45, 2.75) is 45.7 Å². The van der Waals surface area contributed by atoms with E-state index >= 15 is 0 Å². The highest BCUT2D eigenvalue weighted by Crippen LogP contribution is 2.35. The fourth-order valence-corrected chi connectivity index (χ4v) is 5.47. The Morgan fingerprint density at radius 3 is 2.65 bits per heavy atom. The minimum absolute atomic E-state index is 0.215. The summed E-state index contributed by atoms with van der Waals surface area (Å²) in [5.41, 5.74) is 0.859. The molecule has 0 aliphatic carbocycles. The Kier molecular flexibility index (Phi) is 7.61. The van der Waals surface area contributed by atoms with Crippen LogP contribution in [0.2, 0.25) is 10.0 Å². The zero-order valence-corrected chi connectivity index (χ0v) is 21.4. The Labute approximate surface area is 211 Å². The minimum atomic E-state index is -0.228. The van der Waals surface area contributed by atoms with Crippen molar-refractivity contribution in [1.82, 2.24) is 14.9 Å². The van der Waals surface area contributed by atoms with Gasteiger partial charge in [-0.2, -0.15) is 5.26 Å². The first-order valence-electron chi connectivity index (χ1n) is 11.8. The molecule has 0 amide bonds. The molecule has 0 saturated carbocycles. The zero-order valence-electron chi connectivity index (χ0n) is 19.9. The molecule has 0 spiro atoms. The molecule has 0 bridgehead atoms. The van der Waals surface area contributed by atoms with E-state index in [1.54, 1.807) is 18.3 Å². The molecule has 3 heterocycles. The highest BCUT2D eigenvalue weighted by molar-refractivity contribution is 6.35. The van der Waals surface area contributed by atoms with E-state index in [0.717, 1.165) is 30.4 Å². The SMILES string of the molecule is CC(Nc1nc(N2CC(C3CCCN(C(C)C)C3)C2)cnc1C(=N)C#N)c1ccc(Cl)cc1Cl. The van der Waals surface area contributed by atoms with Gasteiger partial charge in [0, 0.05) is 35.7 Å². The van der Waals surface area contributed by atoms with Crippen molar-refractivity contribution in [2.75, 3.05) is 36.4 Å². The third-order valence-corrected chi connectivity index (χ3v) is 7.57. The summed E-state index contributed by atoms with van der Waals surface area (Å²) in [6.07, 6.45) is 4.23. The maximum atomic E-state index is 9.29. The van der Waals surface area contributed by atoms with Gasteiger partial charge in [0.1, 0.15) is 17.6 Å². The molecule has 2 aliphatic heterocycles.